The highest BCUT2D eigenvalue weighted by molar-refractivity contribution is 9.10. The summed E-state index contributed by atoms with van der Waals surface area (Å²) in [6.45, 7) is 1.68. The van der Waals surface area contributed by atoms with E-state index >= 15 is 0 Å². The van der Waals surface area contributed by atoms with Gasteiger partial charge in [0.1, 0.15) is 6.04 Å². The van der Waals surface area contributed by atoms with E-state index in [4.69, 9.17) is 0 Å². The molecule has 0 saturated carbocycles. The molecule has 2 aliphatic heterocycles. The molecule has 7 nitrogen and oxygen atoms in total. The number of nitrogens with one attached hydrogen (secondary N) is 3. The number of aromatic nitrogens is 1. The number of piperidine rings is 1. The van der Waals surface area contributed by atoms with Crippen molar-refractivity contribution in [1.82, 2.24) is 26.1 Å². The van der Waals surface area contributed by atoms with E-state index in [0.29, 0.717) is 26.1 Å². The lowest BCUT2D eigenvalue weighted by atomic mass is 9.95. The second kappa shape index (κ2) is 9.68. The predicted molar refractivity (Wildman–Crippen MR) is 117 cm³/mol. The molecule has 2 amide bonds. The van der Waals surface area contributed by atoms with Crippen LogP contribution in [0.3, 0.4) is 0 Å². The second-order valence-electron chi connectivity index (χ2n) is 7.88. The Kier molecular flexibility index (Phi) is 6.76. The Bertz CT molecular complexity index is 877. The van der Waals surface area contributed by atoms with E-state index in [9.17, 15) is 9.59 Å². The normalized spacial score (nSPS) is 23.9. The monoisotopic (exact) mass is 471 g/mol. The number of benzene rings is 1. The molecule has 0 radical (unpaired) electrons. The van der Waals surface area contributed by atoms with Gasteiger partial charge in [0.25, 0.3) is 0 Å². The number of nitrogens with zero attached hydrogens (tertiary/aromatic N) is 2. The van der Waals surface area contributed by atoms with Gasteiger partial charge in [-0.2, -0.15) is 0 Å². The average molecular weight is 472 g/mol. The van der Waals surface area contributed by atoms with Gasteiger partial charge in [-0.15, -0.1) is 0 Å². The van der Waals surface area contributed by atoms with E-state index in [0.717, 1.165) is 28.4 Å². The first-order valence-electron chi connectivity index (χ1n) is 10.3. The zero-order valence-corrected chi connectivity index (χ0v) is 18.3. The Labute approximate surface area is 184 Å². The van der Waals surface area contributed by atoms with Crippen molar-refractivity contribution in [2.75, 3.05) is 13.1 Å². The molecule has 2 aromatic rings. The molecule has 2 saturated heterocycles. The van der Waals surface area contributed by atoms with Gasteiger partial charge in [0, 0.05) is 42.5 Å². The van der Waals surface area contributed by atoms with Crippen LogP contribution < -0.4 is 16.2 Å². The summed E-state index contributed by atoms with van der Waals surface area (Å²) >= 11 is 3.42. The van der Waals surface area contributed by atoms with Crippen LogP contribution in [0.15, 0.2) is 53.3 Å². The summed E-state index contributed by atoms with van der Waals surface area (Å²) in [5.41, 5.74) is 8.51. The van der Waals surface area contributed by atoms with E-state index in [1.54, 1.807) is 12.4 Å². The van der Waals surface area contributed by atoms with E-state index in [-0.39, 0.29) is 29.8 Å². The number of halogens is 1. The third-order valence-electron chi connectivity index (χ3n) is 5.79. The molecule has 3 atom stereocenters. The number of amides is 2. The van der Waals surface area contributed by atoms with Crippen LogP contribution in [0.1, 0.15) is 36.4 Å². The first-order chi connectivity index (χ1) is 14.6. The van der Waals surface area contributed by atoms with Crippen molar-refractivity contribution < 1.29 is 9.59 Å². The number of carbonyl (C=O) groups is 2. The van der Waals surface area contributed by atoms with Crippen molar-refractivity contribution in [1.29, 1.82) is 0 Å². The van der Waals surface area contributed by atoms with Crippen molar-refractivity contribution in [3.63, 3.8) is 0 Å². The van der Waals surface area contributed by atoms with Crippen LogP contribution in [0.4, 0.5) is 0 Å². The fraction of sp³-hybridized carbons (Fsp3) is 0.409. The van der Waals surface area contributed by atoms with Gasteiger partial charge in [0.2, 0.25) is 11.8 Å². The summed E-state index contributed by atoms with van der Waals surface area (Å²) in [5, 5.41) is 3.02. The Morgan fingerprint density at radius 3 is 2.67 bits per heavy atom. The van der Waals surface area contributed by atoms with Crippen LogP contribution in [-0.4, -0.2) is 40.8 Å². The maximum absolute atomic E-state index is 13.0. The van der Waals surface area contributed by atoms with Gasteiger partial charge >= 0.3 is 0 Å². The molecular weight excluding hydrogens is 446 g/mol. The molecule has 0 aliphatic carbocycles. The summed E-state index contributed by atoms with van der Waals surface area (Å²) in [6, 6.07) is 11.6. The number of hydrogen-bond donors (Lipinski definition) is 3. The summed E-state index contributed by atoms with van der Waals surface area (Å²) in [6.07, 6.45) is 5.85. The maximum Gasteiger partial charge on any atom is 0.241 e. The summed E-state index contributed by atoms with van der Waals surface area (Å²) in [5.74, 6) is -0.0874. The largest absolute Gasteiger partial charge is 0.352 e. The number of pyridine rings is 1. The third-order valence-corrected chi connectivity index (χ3v) is 6.32. The molecule has 3 heterocycles. The van der Waals surface area contributed by atoms with Crippen LogP contribution in [0.5, 0.6) is 0 Å². The SMILES string of the molecule is O=C(NCc1ccc(Br)cc1)C1CCCN(C(=O)C2CC(c3ccncc3)NN2)C1. The molecule has 2 fully saturated rings. The van der Waals surface area contributed by atoms with Gasteiger partial charge in [0.15, 0.2) is 0 Å². The summed E-state index contributed by atoms with van der Waals surface area (Å²) in [4.78, 5) is 31.6. The van der Waals surface area contributed by atoms with Crippen LogP contribution >= 0.6 is 15.9 Å². The molecule has 4 rings (SSSR count). The molecule has 2 aliphatic rings. The van der Waals surface area contributed by atoms with Crippen molar-refractivity contribution in [3.05, 3.63) is 64.4 Å². The fourth-order valence-electron chi connectivity index (χ4n) is 4.08. The average Bonchev–Trinajstić information content (AvgIpc) is 3.29. The Hall–Kier alpha value is -2.29. The van der Waals surface area contributed by atoms with Crippen molar-refractivity contribution >= 4 is 27.7 Å². The quantitative estimate of drug-likeness (QED) is 0.622. The van der Waals surface area contributed by atoms with Crippen molar-refractivity contribution in [3.8, 4) is 0 Å². The molecular formula is C22H26BrN5O2. The number of likely N-dealkylation sites (tertiary alicyclic amines) is 1. The highest BCUT2D eigenvalue weighted by Gasteiger charge is 2.36. The van der Waals surface area contributed by atoms with Crippen LogP contribution in [-0.2, 0) is 16.1 Å². The minimum atomic E-state index is -0.284. The van der Waals surface area contributed by atoms with Gasteiger partial charge < -0.3 is 10.2 Å². The highest BCUT2D eigenvalue weighted by atomic mass is 79.9. The molecule has 1 aromatic heterocycles. The van der Waals surface area contributed by atoms with E-state index in [1.807, 2.05) is 41.3 Å². The number of rotatable bonds is 5. The van der Waals surface area contributed by atoms with E-state index in [2.05, 4.69) is 37.1 Å². The number of carbonyl (C=O) groups excluding carboxylic acids is 2. The Morgan fingerprint density at radius 1 is 1.13 bits per heavy atom. The highest BCUT2D eigenvalue weighted by Crippen LogP contribution is 2.24. The maximum atomic E-state index is 13.0. The lowest BCUT2D eigenvalue weighted by molar-refractivity contribution is -0.137. The van der Waals surface area contributed by atoms with Crippen LogP contribution in [0.2, 0.25) is 0 Å². The lowest BCUT2D eigenvalue weighted by Gasteiger charge is -2.33. The van der Waals surface area contributed by atoms with Crippen molar-refractivity contribution in [2.24, 2.45) is 5.92 Å². The molecule has 8 heteroatoms. The molecule has 30 heavy (non-hydrogen) atoms. The number of hydrogen-bond acceptors (Lipinski definition) is 5. The van der Waals surface area contributed by atoms with Crippen LogP contribution in [0.25, 0.3) is 0 Å². The first-order valence-corrected chi connectivity index (χ1v) is 11.1. The van der Waals surface area contributed by atoms with E-state index < -0.39 is 0 Å². The predicted octanol–water partition coefficient (Wildman–Crippen LogP) is 2.31. The summed E-state index contributed by atoms with van der Waals surface area (Å²) < 4.78 is 1.01. The van der Waals surface area contributed by atoms with Crippen molar-refractivity contribution in [2.45, 2.75) is 37.9 Å². The Balaban J connectivity index is 1.29. The second-order valence-corrected chi connectivity index (χ2v) is 8.79. The minimum absolute atomic E-state index is 0.0163. The zero-order valence-electron chi connectivity index (χ0n) is 16.7. The van der Waals surface area contributed by atoms with Gasteiger partial charge in [-0.05, 0) is 54.7 Å². The molecule has 3 N–H and O–H groups in total. The van der Waals surface area contributed by atoms with Gasteiger partial charge in [-0.1, -0.05) is 28.1 Å². The van der Waals surface area contributed by atoms with Crippen LogP contribution in [0, 0.1) is 5.92 Å². The molecule has 158 valence electrons. The van der Waals surface area contributed by atoms with E-state index in [1.165, 1.54) is 0 Å². The summed E-state index contributed by atoms with van der Waals surface area (Å²) in [7, 11) is 0. The van der Waals surface area contributed by atoms with Gasteiger partial charge in [0.05, 0.1) is 5.92 Å². The fourth-order valence-corrected chi connectivity index (χ4v) is 4.34. The zero-order chi connectivity index (χ0) is 20.9. The first kappa shape index (κ1) is 21.0. The Morgan fingerprint density at radius 2 is 1.90 bits per heavy atom. The third kappa shape index (κ3) is 5.06. The number of hydrazine groups is 1. The topological polar surface area (TPSA) is 86.4 Å². The van der Waals surface area contributed by atoms with Gasteiger partial charge in [-0.3, -0.25) is 14.6 Å². The molecule has 1 aromatic carbocycles. The smallest absolute Gasteiger partial charge is 0.241 e. The van der Waals surface area contributed by atoms with Gasteiger partial charge in [-0.25, -0.2) is 10.9 Å². The molecule has 3 unspecified atom stereocenters. The standard InChI is InChI=1S/C22H26BrN5O2/c23-18-5-3-15(4-6-18)13-25-21(29)17-2-1-11-28(14-17)22(30)20-12-19(26-27-20)16-7-9-24-10-8-16/h3-10,17,19-20,26-27H,1-2,11-14H2,(H,25,29). The lowest BCUT2D eigenvalue weighted by Crippen LogP contribution is -2.51. The molecule has 0 bridgehead atoms. The minimum Gasteiger partial charge on any atom is -0.352 e. The molecule has 0 spiro atoms.